The number of rotatable bonds is 5. The number of carbonyl (C=O) groups is 1. The van der Waals surface area contributed by atoms with Gasteiger partial charge in [0.15, 0.2) is 5.69 Å². The van der Waals surface area contributed by atoms with Gasteiger partial charge in [0.05, 0.1) is 13.2 Å². The zero-order valence-corrected chi connectivity index (χ0v) is 11.9. The second kappa shape index (κ2) is 7.16. The lowest BCUT2D eigenvalue weighted by Crippen LogP contribution is -2.42. The maximum absolute atomic E-state index is 11.4. The van der Waals surface area contributed by atoms with E-state index in [1.54, 1.807) is 19.2 Å². The second-order valence-electron chi connectivity index (χ2n) is 4.84. The fourth-order valence-corrected chi connectivity index (χ4v) is 2.13. The molecule has 0 saturated carbocycles. The van der Waals surface area contributed by atoms with Crippen LogP contribution in [0, 0.1) is 0 Å². The summed E-state index contributed by atoms with van der Waals surface area (Å²) >= 11 is 0. The summed E-state index contributed by atoms with van der Waals surface area (Å²) < 4.78 is 5.32. The van der Waals surface area contributed by atoms with Gasteiger partial charge in [-0.1, -0.05) is 0 Å². The fraction of sp³-hybridized carbons (Fsp3) is 0.615. The predicted octanol–water partition coefficient (Wildman–Crippen LogP) is -0.0312. The minimum atomic E-state index is -0.231. The van der Waals surface area contributed by atoms with Gasteiger partial charge in [0.25, 0.3) is 5.91 Å². The van der Waals surface area contributed by atoms with Crippen molar-refractivity contribution in [2.45, 2.75) is 13.0 Å². The van der Waals surface area contributed by atoms with Gasteiger partial charge in [0.1, 0.15) is 5.82 Å². The average Bonchev–Trinajstić information content (AvgIpc) is 2.48. The molecular weight excluding hydrogens is 258 g/mol. The van der Waals surface area contributed by atoms with Crippen molar-refractivity contribution in [3.63, 3.8) is 0 Å². The smallest absolute Gasteiger partial charge is 0.271 e. The molecule has 1 saturated heterocycles. The highest BCUT2D eigenvalue weighted by atomic mass is 16.5. The van der Waals surface area contributed by atoms with Crippen LogP contribution < -0.4 is 10.6 Å². The summed E-state index contributed by atoms with van der Waals surface area (Å²) in [5, 5.41) is 13.7. The zero-order valence-electron chi connectivity index (χ0n) is 11.9. The highest BCUT2D eigenvalue weighted by Crippen LogP contribution is 2.06. The maximum atomic E-state index is 11.4. The Labute approximate surface area is 118 Å². The summed E-state index contributed by atoms with van der Waals surface area (Å²) in [6, 6.07) is 3.69. The number of nitrogens with zero attached hydrogens (tertiary/aromatic N) is 3. The minimum absolute atomic E-state index is 0.231. The number of morpholine rings is 1. The van der Waals surface area contributed by atoms with Gasteiger partial charge in [0.2, 0.25) is 0 Å². The third-order valence-electron chi connectivity index (χ3n) is 3.15. The molecule has 7 nitrogen and oxygen atoms in total. The zero-order chi connectivity index (χ0) is 14.4. The van der Waals surface area contributed by atoms with E-state index in [1.165, 1.54) is 0 Å². The third kappa shape index (κ3) is 4.14. The van der Waals surface area contributed by atoms with Gasteiger partial charge in [-0.25, -0.2) is 0 Å². The summed E-state index contributed by atoms with van der Waals surface area (Å²) in [5.41, 5.74) is 0.318. The van der Waals surface area contributed by atoms with Crippen LogP contribution in [0.3, 0.4) is 0 Å². The number of amides is 1. The van der Waals surface area contributed by atoms with Crippen molar-refractivity contribution in [1.29, 1.82) is 0 Å². The summed E-state index contributed by atoms with van der Waals surface area (Å²) in [6.07, 6.45) is 0. The number of aromatic nitrogens is 2. The molecule has 7 heteroatoms. The van der Waals surface area contributed by atoms with Gasteiger partial charge >= 0.3 is 0 Å². The van der Waals surface area contributed by atoms with Crippen LogP contribution in [0.4, 0.5) is 5.82 Å². The van der Waals surface area contributed by atoms with E-state index >= 15 is 0 Å². The van der Waals surface area contributed by atoms with Gasteiger partial charge in [0, 0.05) is 32.7 Å². The summed E-state index contributed by atoms with van der Waals surface area (Å²) in [7, 11) is 1.57. The lowest BCUT2D eigenvalue weighted by molar-refractivity contribution is 0.0368. The van der Waals surface area contributed by atoms with Crippen molar-refractivity contribution in [3.8, 4) is 0 Å². The van der Waals surface area contributed by atoms with Gasteiger partial charge in [-0.2, -0.15) is 0 Å². The molecule has 1 aliphatic rings. The van der Waals surface area contributed by atoms with Gasteiger partial charge < -0.3 is 15.4 Å². The van der Waals surface area contributed by atoms with Crippen molar-refractivity contribution in [2.75, 3.05) is 45.2 Å². The molecule has 0 radical (unpaired) electrons. The van der Waals surface area contributed by atoms with Gasteiger partial charge in [-0.15, -0.1) is 10.2 Å². The highest BCUT2D eigenvalue weighted by Gasteiger charge is 2.14. The van der Waals surface area contributed by atoms with Gasteiger partial charge in [-0.05, 0) is 19.1 Å². The molecule has 110 valence electrons. The van der Waals surface area contributed by atoms with Crippen LogP contribution >= 0.6 is 0 Å². The molecule has 0 spiro atoms. The molecule has 1 atom stereocenters. The fourth-order valence-electron chi connectivity index (χ4n) is 2.13. The Morgan fingerprint density at radius 2 is 2.15 bits per heavy atom. The standard InChI is InChI=1S/C13H21N5O2/c1-10(9-18-5-7-20-8-6-18)15-12-4-3-11(16-17-12)13(19)14-2/h3-4,10H,5-9H2,1-2H3,(H,14,19)(H,15,17). The minimum Gasteiger partial charge on any atom is -0.379 e. The molecule has 0 aromatic carbocycles. The van der Waals surface area contributed by atoms with Crippen LogP contribution in [-0.2, 0) is 4.74 Å². The molecule has 2 heterocycles. The molecule has 1 fully saturated rings. The molecule has 1 aromatic rings. The molecule has 1 aliphatic heterocycles. The van der Waals surface area contributed by atoms with Crippen LogP contribution in [0.15, 0.2) is 12.1 Å². The van der Waals surface area contributed by atoms with E-state index in [0.29, 0.717) is 11.5 Å². The first-order valence-electron chi connectivity index (χ1n) is 6.81. The van der Waals surface area contributed by atoms with E-state index in [1.807, 2.05) is 0 Å². The lowest BCUT2D eigenvalue weighted by atomic mass is 10.3. The summed E-state index contributed by atoms with van der Waals surface area (Å²) in [5.74, 6) is 0.448. The Morgan fingerprint density at radius 1 is 1.40 bits per heavy atom. The topological polar surface area (TPSA) is 79.4 Å². The highest BCUT2D eigenvalue weighted by molar-refractivity contribution is 5.91. The Bertz CT molecular complexity index is 431. The summed E-state index contributed by atoms with van der Waals surface area (Å²) in [6.45, 7) is 6.56. The lowest BCUT2D eigenvalue weighted by Gasteiger charge is -2.29. The van der Waals surface area contributed by atoms with Crippen molar-refractivity contribution in [3.05, 3.63) is 17.8 Å². The maximum Gasteiger partial charge on any atom is 0.271 e. The summed E-state index contributed by atoms with van der Waals surface area (Å²) in [4.78, 5) is 13.7. The average molecular weight is 279 g/mol. The quantitative estimate of drug-likeness (QED) is 0.788. The van der Waals surface area contributed by atoms with Crippen LogP contribution in [0.2, 0.25) is 0 Å². The van der Waals surface area contributed by atoms with Crippen LogP contribution in [0.1, 0.15) is 17.4 Å². The number of ether oxygens (including phenoxy) is 1. The van der Waals surface area contributed by atoms with Gasteiger partial charge in [-0.3, -0.25) is 9.69 Å². The number of carbonyl (C=O) groups excluding carboxylic acids is 1. The van der Waals surface area contributed by atoms with E-state index < -0.39 is 0 Å². The number of hydrogen-bond acceptors (Lipinski definition) is 6. The SMILES string of the molecule is CNC(=O)c1ccc(NC(C)CN2CCOCC2)nn1. The monoisotopic (exact) mass is 279 g/mol. The largest absolute Gasteiger partial charge is 0.379 e. The number of anilines is 1. The third-order valence-corrected chi connectivity index (χ3v) is 3.15. The van der Waals surface area contributed by atoms with Crippen molar-refractivity contribution in [2.24, 2.45) is 0 Å². The van der Waals surface area contributed by atoms with Crippen LogP contribution in [0.5, 0.6) is 0 Å². The van der Waals surface area contributed by atoms with E-state index in [9.17, 15) is 4.79 Å². The van der Waals surface area contributed by atoms with Crippen molar-refractivity contribution in [1.82, 2.24) is 20.4 Å². The Hall–Kier alpha value is -1.73. The number of hydrogen-bond donors (Lipinski definition) is 2. The molecule has 2 N–H and O–H groups in total. The van der Waals surface area contributed by atoms with E-state index in [0.717, 1.165) is 32.8 Å². The van der Waals surface area contributed by atoms with Crippen LogP contribution in [-0.4, -0.2) is 66.9 Å². The number of nitrogens with one attached hydrogen (secondary N) is 2. The van der Waals surface area contributed by atoms with Crippen LogP contribution in [0.25, 0.3) is 0 Å². The molecule has 1 aromatic heterocycles. The molecule has 1 amide bonds. The second-order valence-corrected chi connectivity index (χ2v) is 4.84. The first-order chi connectivity index (χ1) is 9.69. The normalized spacial score (nSPS) is 17.5. The molecule has 1 unspecified atom stereocenters. The Morgan fingerprint density at radius 3 is 2.75 bits per heavy atom. The van der Waals surface area contributed by atoms with E-state index in [4.69, 9.17) is 4.74 Å². The Kier molecular flexibility index (Phi) is 5.25. The predicted molar refractivity (Wildman–Crippen MR) is 75.8 cm³/mol. The molecule has 20 heavy (non-hydrogen) atoms. The van der Waals surface area contributed by atoms with E-state index in [2.05, 4.69) is 32.7 Å². The van der Waals surface area contributed by atoms with E-state index in [-0.39, 0.29) is 11.9 Å². The molecule has 0 aliphatic carbocycles. The molecule has 2 rings (SSSR count). The van der Waals surface area contributed by atoms with Crippen molar-refractivity contribution >= 4 is 11.7 Å². The molecule has 0 bridgehead atoms. The van der Waals surface area contributed by atoms with Crippen molar-refractivity contribution < 1.29 is 9.53 Å². The Balaban J connectivity index is 1.84. The first-order valence-corrected chi connectivity index (χ1v) is 6.81. The molecular formula is C13H21N5O2. The first kappa shape index (κ1) is 14.7.